The van der Waals surface area contributed by atoms with E-state index in [-0.39, 0.29) is 18.1 Å². The number of ether oxygens (including phenoxy) is 2. The van der Waals surface area contributed by atoms with Crippen molar-refractivity contribution in [3.05, 3.63) is 47.7 Å². The first-order chi connectivity index (χ1) is 12.9. The molecule has 1 aliphatic carbocycles. The second-order valence-electron chi connectivity index (χ2n) is 7.16. The molecule has 0 spiro atoms. The quantitative estimate of drug-likeness (QED) is 0.813. The smallest absolute Gasteiger partial charge is 0.316 e. The lowest BCUT2D eigenvalue weighted by atomic mass is 9.92. The number of hydrogen-bond acceptors (Lipinski definition) is 5. The van der Waals surface area contributed by atoms with Crippen LogP contribution in [0.5, 0.6) is 11.8 Å². The number of aromatic nitrogens is 2. The third-order valence-electron chi connectivity index (χ3n) is 4.56. The van der Waals surface area contributed by atoms with Crippen molar-refractivity contribution in [1.29, 1.82) is 0 Å². The molecule has 2 aromatic rings. The van der Waals surface area contributed by atoms with E-state index in [2.05, 4.69) is 15.3 Å². The fourth-order valence-electron chi connectivity index (χ4n) is 3.02. The lowest BCUT2D eigenvalue weighted by molar-refractivity contribution is -0.135. The zero-order valence-corrected chi connectivity index (χ0v) is 16.3. The van der Waals surface area contributed by atoms with Gasteiger partial charge in [0.1, 0.15) is 11.9 Å². The Labute approximate surface area is 164 Å². The molecule has 7 heteroatoms. The zero-order chi connectivity index (χ0) is 19.3. The van der Waals surface area contributed by atoms with Gasteiger partial charge in [0.25, 0.3) is 5.91 Å². The Kier molecular flexibility index (Phi) is 6.16. The molecule has 0 saturated heterocycles. The SMILES string of the molecule is CC(C)(Oc1ccc(Cl)cc1)C(=O)NC1CCC(Oc2ncccn2)CC1. The molecule has 1 N–H and O–H groups in total. The van der Waals surface area contributed by atoms with Crippen LogP contribution < -0.4 is 14.8 Å². The molecule has 0 aliphatic heterocycles. The molecule has 27 heavy (non-hydrogen) atoms. The molecule has 3 rings (SSSR count). The van der Waals surface area contributed by atoms with Gasteiger partial charge in [0, 0.05) is 23.5 Å². The van der Waals surface area contributed by atoms with Gasteiger partial charge < -0.3 is 14.8 Å². The summed E-state index contributed by atoms with van der Waals surface area (Å²) in [6, 6.07) is 9.26. The average molecular weight is 390 g/mol. The van der Waals surface area contributed by atoms with Crippen molar-refractivity contribution in [2.45, 2.75) is 57.3 Å². The van der Waals surface area contributed by atoms with Gasteiger partial charge in [0.15, 0.2) is 5.60 Å². The standard InChI is InChI=1S/C20H24ClN3O3/c1-20(2,27-17-8-4-14(21)5-9-17)18(25)24-15-6-10-16(11-7-15)26-19-22-12-3-13-23-19/h3-5,8-9,12-13,15-16H,6-7,10-11H2,1-2H3,(H,24,25). The normalized spacial score (nSPS) is 20.0. The van der Waals surface area contributed by atoms with E-state index in [1.54, 1.807) is 56.6 Å². The van der Waals surface area contributed by atoms with Crippen LogP contribution in [0.3, 0.4) is 0 Å². The Hall–Kier alpha value is -2.34. The van der Waals surface area contributed by atoms with Crippen LogP contribution in [-0.4, -0.2) is 33.6 Å². The lowest BCUT2D eigenvalue weighted by Crippen LogP contribution is -2.51. The second-order valence-corrected chi connectivity index (χ2v) is 7.60. The van der Waals surface area contributed by atoms with Gasteiger partial charge in [-0.15, -0.1) is 0 Å². The molecule has 0 unspecified atom stereocenters. The molecule has 1 fully saturated rings. The van der Waals surface area contributed by atoms with Crippen LogP contribution in [0.15, 0.2) is 42.7 Å². The zero-order valence-electron chi connectivity index (χ0n) is 15.5. The van der Waals surface area contributed by atoms with Crippen molar-refractivity contribution in [3.8, 4) is 11.8 Å². The first-order valence-electron chi connectivity index (χ1n) is 9.11. The summed E-state index contributed by atoms with van der Waals surface area (Å²) >= 11 is 5.88. The highest BCUT2D eigenvalue weighted by Gasteiger charge is 2.33. The van der Waals surface area contributed by atoms with Crippen molar-refractivity contribution >= 4 is 17.5 Å². The van der Waals surface area contributed by atoms with Crippen LogP contribution in [-0.2, 0) is 4.79 Å². The van der Waals surface area contributed by atoms with Crippen LogP contribution in [0.25, 0.3) is 0 Å². The second kappa shape index (κ2) is 8.57. The van der Waals surface area contributed by atoms with Crippen molar-refractivity contribution in [2.24, 2.45) is 0 Å². The first kappa shape index (κ1) is 19.4. The molecule has 6 nitrogen and oxygen atoms in total. The minimum atomic E-state index is -0.973. The third kappa shape index (κ3) is 5.57. The summed E-state index contributed by atoms with van der Waals surface area (Å²) in [4.78, 5) is 20.8. The summed E-state index contributed by atoms with van der Waals surface area (Å²) in [7, 11) is 0. The van der Waals surface area contributed by atoms with E-state index in [4.69, 9.17) is 21.1 Å². The average Bonchev–Trinajstić information content (AvgIpc) is 2.66. The van der Waals surface area contributed by atoms with Gasteiger partial charge in [-0.25, -0.2) is 9.97 Å². The molecule has 0 bridgehead atoms. The predicted molar refractivity (Wildman–Crippen MR) is 103 cm³/mol. The predicted octanol–water partition coefficient (Wildman–Crippen LogP) is 3.79. The number of carbonyl (C=O) groups is 1. The first-order valence-corrected chi connectivity index (χ1v) is 9.49. The van der Waals surface area contributed by atoms with Gasteiger partial charge in [0.05, 0.1) is 0 Å². The summed E-state index contributed by atoms with van der Waals surface area (Å²) in [6.07, 6.45) is 6.80. The highest BCUT2D eigenvalue weighted by Crippen LogP contribution is 2.24. The van der Waals surface area contributed by atoms with E-state index in [0.29, 0.717) is 16.8 Å². The minimum Gasteiger partial charge on any atom is -0.478 e. The number of amides is 1. The molecule has 1 aromatic carbocycles. The largest absolute Gasteiger partial charge is 0.478 e. The van der Waals surface area contributed by atoms with E-state index >= 15 is 0 Å². The molecule has 0 radical (unpaired) electrons. The summed E-state index contributed by atoms with van der Waals surface area (Å²) in [5.41, 5.74) is -0.973. The monoisotopic (exact) mass is 389 g/mol. The summed E-state index contributed by atoms with van der Waals surface area (Å²) < 4.78 is 11.6. The van der Waals surface area contributed by atoms with Gasteiger partial charge in [0.2, 0.25) is 0 Å². The van der Waals surface area contributed by atoms with Gasteiger partial charge in [-0.3, -0.25) is 4.79 Å². The number of rotatable bonds is 6. The lowest BCUT2D eigenvalue weighted by Gasteiger charge is -2.32. The maximum absolute atomic E-state index is 12.7. The number of halogens is 1. The van der Waals surface area contributed by atoms with Gasteiger partial charge in [-0.2, -0.15) is 0 Å². The topological polar surface area (TPSA) is 73.3 Å². The Morgan fingerprint density at radius 1 is 1.11 bits per heavy atom. The maximum atomic E-state index is 12.7. The molecular formula is C20H24ClN3O3. The van der Waals surface area contributed by atoms with E-state index in [9.17, 15) is 4.79 Å². The molecule has 0 atom stereocenters. The summed E-state index contributed by atoms with van der Waals surface area (Å²) in [5.74, 6) is 0.479. The minimum absolute atomic E-state index is 0.0823. The number of carbonyl (C=O) groups excluding carboxylic acids is 1. The number of nitrogens with zero attached hydrogens (tertiary/aromatic N) is 2. The van der Waals surface area contributed by atoms with Crippen molar-refractivity contribution < 1.29 is 14.3 Å². The Balaban J connectivity index is 1.47. The molecular weight excluding hydrogens is 366 g/mol. The van der Waals surface area contributed by atoms with Gasteiger partial charge >= 0.3 is 6.01 Å². The van der Waals surface area contributed by atoms with Crippen LogP contribution in [0.2, 0.25) is 5.02 Å². The fraction of sp³-hybridized carbons (Fsp3) is 0.450. The van der Waals surface area contributed by atoms with E-state index in [1.807, 2.05) is 0 Å². The summed E-state index contributed by atoms with van der Waals surface area (Å²) in [5, 5.41) is 3.73. The Morgan fingerprint density at radius 2 is 1.74 bits per heavy atom. The summed E-state index contributed by atoms with van der Waals surface area (Å²) in [6.45, 7) is 3.52. The van der Waals surface area contributed by atoms with Crippen LogP contribution >= 0.6 is 11.6 Å². The van der Waals surface area contributed by atoms with Crippen LogP contribution in [0.1, 0.15) is 39.5 Å². The van der Waals surface area contributed by atoms with E-state index in [0.717, 1.165) is 25.7 Å². The molecule has 144 valence electrons. The molecule has 1 heterocycles. The van der Waals surface area contributed by atoms with Crippen molar-refractivity contribution in [2.75, 3.05) is 0 Å². The maximum Gasteiger partial charge on any atom is 0.316 e. The Morgan fingerprint density at radius 3 is 2.37 bits per heavy atom. The molecule has 1 saturated carbocycles. The molecule has 1 aliphatic rings. The highest BCUT2D eigenvalue weighted by atomic mass is 35.5. The van der Waals surface area contributed by atoms with Crippen LogP contribution in [0, 0.1) is 0 Å². The van der Waals surface area contributed by atoms with Crippen LogP contribution in [0.4, 0.5) is 0 Å². The highest BCUT2D eigenvalue weighted by molar-refractivity contribution is 6.30. The van der Waals surface area contributed by atoms with E-state index in [1.165, 1.54) is 0 Å². The number of hydrogen-bond donors (Lipinski definition) is 1. The molecule has 1 aromatic heterocycles. The Bertz CT molecular complexity index is 745. The molecule has 1 amide bonds. The van der Waals surface area contributed by atoms with Crippen molar-refractivity contribution in [1.82, 2.24) is 15.3 Å². The fourth-order valence-corrected chi connectivity index (χ4v) is 3.15. The number of nitrogens with one attached hydrogen (secondary N) is 1. The van der Waals surface area contributed by atoms with Gasteiger partial charge in [-0.05, 0) is 69.9 Å². The van der Waals surface area contributed by atoms with Crippen molar-refractivity contribution in [3.63, 3.8) is 0 Å². The van der Waals surface area contributed by atoms with Gasteiger partial charge in [-0.1, -0.05) is 11.6 Å². The number of benzene rings is 1. The van der Waals surface area contributed by atoms with E-state index < -0.39 is 5.60 Å². The third-order valence-corrected chi connectivity index (χ3v) is 4.81.